The Morgan fingerprint density at radius 3 is 2.35 bits per heavy atom. The highest BCUT2D eigenvalue weighted by atomic mass is 16.5. The summed E-state index contributed by atoms with van der Waals surface area (Å²) in [6.07, 6.45) is 0. The molecule has 5 heteroatoms. The molecule has 0 unspecified atom stereocenters. The third-order valence-corrected chi connectivity index (χ3v) is 2.88. The van der Waals surface area contributed by atoms with Gasteiger partial charge in [-0.2, -0.15) is 0 Å². The summed E-state index contributed by atoms with van der Waals surface area (Å²) in [4.78, 5) is 12.4. The van der Waals surface area contributed by atoms with E-state index in [-0.39, 0.29) is 22.6 Å². The predicted octanol–water partition coefficient (Wildman–Crippen LogP) is 2.35. The smallest absolute Gasteiger partial charge is 0.200 e. The van der Waals surface area contributed by atoms with Gasteiger partial charge >= 0.3 is 0 Å². The van der Waals surface area contributed by atoms with E-state index in [9.17, 15) is 15.0 Å². The molecule has 0 aliphatic carbocycles. The summed E-state index contributed by atoms with van der Waals surface area (Å²) in [5, 5.41) is 19.2. The number of aromatic hydroxyl groups is 2. The van der Waals surface area contributed by atoms with Gasteiger partial charge in [0.15, 0.2) is 0 Å². The minimum Gasteiger partial charge on any atom is -0.508 e. The van der Waals surface area contributed by atoms with Crippen LogP contribution in [0.25, 0.3) is 0 Å². The van der Waals surface area contributed by atoms with Crippen LogP contribution in [0.1, 0.15) is 15.9 Å². The second kappa shape index (κ2) is 5.52. The zero-order chi connectivity index (χ0) is 14.7. The molecule has 0 bridgehead atoms. The lowest BCUT2D eigenvalue weighted by atomic mass is 10.0. The Morgan fingerprint density at radius 2 is 1.70 bits per heavy atom. The van der Waals surface area contributed by atoms with Crippen LogP contribution in [0.3, 0.4) is 0 Å². The molecule has 0 spiro atoms. The molecule has 0 aliphatic rings. The summed E-state index contributed by atoms with van der Waals surface area (Å²) in [5.41, 5.74) is 0.280. The summed E-state index contributed by atoms with van der Waals surface area (Å²) in [6, 6.07) is 8.52. The molecule has 2 aromatic rings. The molecule has 0 aromatic heterocycles. The van der Waals surface area contributed by atoms with Crippen molar-refractivity contribution < 1.29 is 24.5 Å². The fourth-order valence-corrected chi connectivity index (χ4v) is 1.84. The second-order valence-electron chi connectivity index (χ2n) is 4.10. The predicted molar refractivity (Wildman–Crippen MR) is 72.8 cm³/mol. The molecule has 0 fully saturated rings. The van der Waals surface area contributed by atoms with E-state index < -0.39 is 5.78 Å². The number of ether oxygens (including phenoxy) is 2. The largest absolute Gasteiger partial charge is 0.508 e. The van der Waals surface area contributed by atoms with E-state index in [0.717, 1.165) is 0 Å². The molecule has 20 heavy (non-hydrogen) atoms. The molecule has 5 nitrogen and oxygen atoms in total. The van der Waals surface area contributed by atoms with Gasteiger partial charge in [-0.3, -0.25) is 4.79 Å². The number of hydrogen-bond acceptors (Lipinski definition) is 5. The van der Waals surface area contributed by atoms with Gasteiger partial charge in [0.2, 0.25) is 5.78 Å². The summed E-state index contributed by atoms with van der Waals surface area (Å²) in [5.74, 6) is 0.137. The molecule has 0 aliphatic heterocycles. The van der Waals surface area contributed by atoms with Crippen molar-refractivity contribution in [3.63, 3.8) is 0 Å². The lowest BCUT2D eigenvalue weighted by Crippen LogP contribution is -2.04. The first kappa shape index (κ1) is 13.7. The number of carbonyl (C=O) groups excluding carboxylic acids is 1. The normalized spacial score (nSPS) is 10.1. The highest BCUT2D eigenvalue weighted by molar-refractivity contribution is 6.12. The SMILES string of the molecule is COc1ccc(C(=O)c2cc(O)ccc2O)c(OC)c1. The van der Waals surface area contributed by atoms with Crippen LogP contribution in [-0.4, -0.2) is 30.2 Å². The Kier molecular flexibility index (Phi) is 3.79. The Labute approximate surface area is 116 Å². The molecule has 2 aromatic carbocycles. The lowest BCUT2D eigenvalue weighted by Gasteiger charge is -2.10. The average Bonchev–Trinajstić information content (AvgIpc) is 2.48. The maximum absolute atomic E-state index is 12.4. The summed E-state index contributed by atoms with van der Waals surface area (Å²) < 4.78 is 10.2. The molecule has 0 amide bonds. The van der Waals surface area contributed by atoms with Crippen molar-refractivity contribution in [2.45, 2.75) is 0 Å². The fraction of sp³-hybridized carbons (Fsp3) is 0.133. The number of phenolic OH excluding ortho intramolecular Hbond substituents is 2. The first-order valence-corrected chi connectivity index (χ1v) is 5.85. The number of carbonyl (C=O) groups is 1. The molecule has 0 saturated heterocycles. The van der Waals surface area contributed by atoms with Crippen molar-refractivity contribution in [3.05, 3.63) is 47.5 Å². The van der Waals surface area contributed by atoms with E-state index in [1.807, 2.05) is 0 Å². The molecule has 2 rings (SSSR count). The fourth-order valence-electron chi connectivity index (χ4n) is 1.84. The van der Waals surface area contributed by atoms with Gasteiger partial charge in [-0.25, -0.2) is 0 Å². The van der Waals surface area contributed by atoms with Crippen LogP contribution in [0.4, 0.5) is 0 Å². The average molecular weight is 274 g/mol. The summed E-state index contributed by atoms with van der Waals surface area (Å²) in [7, 11) is 2.95. The van der Waals surface area contributed by atoms with Gasteiger partial charge in [0.1, 0.15) is 23.0 Å². The van der Waals surface area contributed by atoms with Crippen molar-refractivity contribution in [2.75, 3.05) is 14.2 Å². The van der Waals surface area contributed by atoms with Crippen LogP contribution in [0.5, 0.6) is 23.0 Å². The molecule has 0 radical (unpaired) electrons. The minimum absolute atomic E-state index is 0.00784. The second-order valence-corrected chi connectivity index (χ2v) is 4.10. The number of rotatable bonds is 4. The van der Waals surface area contributed by atoms with Gasteiger partial charge in [0.05, 0.1) is 25.3 Å². The highest BCUT2D eigenvalue weighted by Gasteiger charge is 2.18. The molecule has 0 heterocycles. The van der Waals surface area contributed by atoms with Gasteiger partial charge in [0.25, 0.3) is 0 Å². The van der Waals surface area contributed by atoms with Crippen LogP contribution in [-0.2, 0) is 0 Å². The first-order valence-electron chi connectivity index (χ1n) is 5.85. The Bertz CT molecular complexity index is 649. The molecular weight excluding hydrogens is 260 g/mol. The minimum atomic E-state index is -0.446. The van der Waals surface area contributed by atoms with Gasteiger partial charge < -0.3 is 19.7 Å². The van der Waals surface area contributed by atoms with E-state index in [1.54, 1.807) is 18.2 Å². The van der Waals surface area contributed by atoms with Crippen LogP contribution in [0.2, 0.25) is 0 Å². The third kappa shape index (κ3) is 2.51. The lowest BCUT2D eigenvalue weighted by molar-refractivity contribution is 0.103. The Balaban J connectivity index is 2.50. The first-order chi connectivity index (χ1) is 9.56. The molecule has 2 N–H and O–H groups in total. The van der Waals surface area contributed by atoms with Crippen LogP contribution in [0.15, 0.2) is 36.4 Å². The standard InChI is InChI=1S/C15H14O5/c1-19-10-4-5-11(14(8-10)20-2)15(18)12-7-9(16)3-6-13(12)17/h3-8,16-17H,1-2H3. The molecule has 0 atom stereocenters. The van der Waals surface area contributed by atoms with E-state index in [2.05, 4.69) is 0 Å². The quantitative estimate of drug-likeness (QED) is 0.661. The van der Waals surface area contributed by atoms with Crippen molar-refractivity contribution in [2.24, 2.45) is 0 Å². The van der Waals surface area contributed by atoms with Crippen LogP contribution < -0.4 is 9.47 Å². The number of methoxy groups -OCH3 is 2. The maximum atomic E-state index is 12.4. The van der Waals surface area contributed by atoms with Crippen molar-refractivity contribution >= 4 is 5.78 Å². The third-order valence-electron chi connectivity index (χ3n) is 2.88. The Hall–Kier alpha value is -2.69. The Morgan fingerprint density at radius 1 is 0.950 bits per heavy atom. The summed E-state index contributed by atoms with van der Waals surface area (Å²) in [6.45, 7) is 0. The van der Waals surface area contributed by atoms with Crippen LogP contribution >= 0.6 is 0 Å². The zero-order valence-corrected chi connectivity index (χ0v) is 11.1. The zero-order valence-electron chi connectivity index (χ0n) is 11.1. The number of phenols is 2. The van der Waals surface area contributed by atoms with Crippen molar-refractivity contribution in [3.8, 4) is 23.0 Å². The van der Waals surface area contributed by atoms with E-state index in [4.69, 9.17) is 9.47 Å². The maximum Gasteiger partial charge on any atom is 0.200 e. The number of hydrogen-bond donors (Lipinski definition) is 2. The van der Waals surface area contributed by atoms with Gasteiger partial charge in [-0.1, -0.05) is 0 Å². The van der Waals surface area contributed by atoms with E-state index in [1.165, 1.54) is 32.4 Å². The molecular formula is C15H14O5. The highest BCUT2D eigenvalue weighted by Crippen LogP contribution is 2.30. The summed E-state index contributed by atoms with van der Waals surface area (Å²) >= 11 is 0. The molecule has 104 valence electrons. The van der Waals surface area contributed by atoms with Gasteiger partial charge in [-0.15, -0.1) is 0 Å². The van der Waals surface area contributed by atoms with Crippen molar-refractivity contribution in [1.82, 2.24) is 0 Å². The number of ketones is 1. The van der Waals surface area contributed by atoms with Gasteiger partial charge in [-0.05, 0) is 30.3 Å². The van der Waals surface area contributed by atoms with Crippen LogP contribution in [0, 0.1) is 0 Å². The van der Waals surface area contributed by atoms with Gasteiger partial charge in [0, 0.05) is 6.07 Å². The monoisotopic (exact) mass is 274 g/mol. The number of benzene rings is 2. The van der Waals surface area contributed by atoms with E-state index >= 15 is 0 Å². The van der Waals surface area contributed by atoms with Crippen molar-refractivity contribution in [1.29, 1.82) is 0 Å². The molecule has 0 saturated carbocycles. The topological polar surface area (TPSA) is 76.0 Å². The van der Waals surface area contributed by atoms with E-state index in [0.29, 0.717) is 11.5 Å².